The first-order valence-corrected chi connectivity index (χ1v) is 12.2. The first-order valence-electron chi connectivity index (χ1n) is 9.79. The van der Waals surface area contributed by atoms with E-state index in [9.17, 15) is 9.69 Å². The molecule has 5 atom stereocenters. The fraction of sp³-hybridized carbons (Fsp3) is 0.333. The Balaban J connectivity index is 1.56. The minimum atomic E-state index is -3.61. The third-order valence-electron chi connectivity index (χ3n) is 5.36. The summed E-state index contributed by atoms with van der Waals surface area (Å²) in [4.78, 5) is 36.0. The van der Waals surface area contributed by atoms with E-state index in [4.69, 9.17) is 31.8 Å². The molecule has 15 heteroatoms. The molecular formula is C18H18BBrN6O6P+. The molecule has 170 valence electrons. The molecule has 1 aromatic carbocycles. The highest BCUT2D eigenvalue weighted by Gasteiger charge is 2.59. The van der Waals surface area contributed by atoms with Gasteiger partial charge in [0.1, 0.15) is 19.0 Å². The van der Waals surface area contributed by atoms with E-state index in [0.29, 0.717) is 27.1 Å². The molecule has 2 aliphatic rings. The van der Waals surface area contributed by atoms with Crippen LogP contribution < -0.4 is 11.1 Å². The number of esters is 1. The van der Waals surface area contributed by atoms with E-state index in [-0.39, 0.29) is 12.4 Å². The summed E-state index contributed by atoms with van der Waals surface area (Å²) < 4.78 is 24.8. The number of nitrogens with one attached hydrogen (secondary N) is 1. The number of nitrogens with two attached hydrogens (primary N) is 1. The zero-order valence-electron chi connectivity index (χ0n) is 17.2. The van der Waals surface area contributed by atoms with Crippen LogP contribution in [-0.2, 0) is 18.5 Å². The van der Waals surface area contributed by atoms with E-state index in [1.54, 1.807) is 35.9 Å². The summed E-state index contributed by atoms with van der Waals surface area (Å²) in [7, 11) is 3.82. The topological polar surface area (TPSA) is 156 Å². The molecule has 2 aromatic heterocycles. The van der Waals surface area contributed by atoms with Gasteiger partial charge < -0.3 is 20.5 Å². The number of rotatable bonds is 4. The Hall–Kier alpha value is -2.35. The molecule has 0 aliphatic carbocycles. The van der Waals surface area contributed by atoms with Gasteiger partial charge in [0.05, 0.1) is 5.56 Å². The lowest BCUT2D eigenvalue weighted by Crippen LogP contribution is -2.42. The van der Waals surface area contributed by atoms with Crippen molar-refractivity contribution in [2.45, 2.75) is 24.5 Å². The molecule has 0 spiro atoms. The molecule has 3 aromatic rings. The molecule has 0 amide bonds. The van der Waals surface area contributed by atoms with Crippen molar-refractivity contribution >= 4 is 60.0 Å². The quantitative estimate of drug-likeness (QED) is 0.193. The Bertz CT molecular complexity index is 1230. The Morgan fingerprint density at radius 3 is 3.00 bits per heavy atom. The van der Waals surface area contributed by atoms with Gasteiger partial charge >= 0.3 is 21.4 Å². The number of hydrogen-bond acceptors (Lipinski definition) is 11. The second-order valence-corrected chi connectivity index (χ2v) is 9.65. The number of nitrogens with zero attached hydrogens (tertiary/aromatic N) is 4. The number of carbonyl (C=O) groups excluding carboxylic acids is 1. The van der Waals surface area contributed by atoms with Gasteiger partial charge in [0, 0.05) is 12.7 Å². The average Bonchev–Trinajstić information content (AvgIpc) is 3.30. The number of halogens is 1. The summed E-state index contributed by atoms with van der Waals surface area (Å²) in [6, 6.07) is 6.89. The number of imidazole rings is 1. The Morgan fingerprint density at radius 1 is 1.42 bits per heavy atom. The summed E-state index contributed by atoms with van der Waals surface area (Å²) in [6.45, 7) is -0.0511. The first kappa shape index (κ1) is 22.4. The second-order valence-electron chi connectivity index (χ2n) is 7.34. The summed E-state index contributed by atoms with van der Waals surface area (Å²) in [6.07, 6.45) is -2.27. The summed E-state index contributed by atoms with van der Waals surface area (Å²) >= 11 is 3.40. The Kier molecular flexibility index (Phi) is 5.75. The van der Waals surface area contributed by atoms with Crippen molar-refractivity contribution in [3.63, 3.8) is 0 Å². The molecule has 12 nitrogen and oxygen atoms in total. The van der Waals surface area contributed by atoms with Crippen LogP contribution in [0.3, 0.4) is 0 Å². The van der Waals surface area contributed by atoms with Crippen LogP contribution in [0.25, 0.3) is 11.2 Å². The Labute approximate surface area is 197 Å². The van der Waals surface area contributed by atoms with Crippen molar-refractivity contribution in [2.24, 2.45) is 0 Å². The number of hydrogen-bond donors (Lipinski definition) is 3. The van der Waals surface area contributed by atoms with Crippen LogP contribution in [0, 0.1) is 0 Å². The monoisotopic (exact) mass is 535 g/mol. The van der Waals surface area contributed by atoms with E-state index >= 15 is 0 Å². The van der Waals surface area contributed by atoms with Crippen LogP contribution >= 0.6 is 23.8 Å². The van der Waals surface area contributed by atoms with Crippen LogP contribution in [0.4, 0.5) is 11.5 Å². The molecule has 2 fully saturated rings. The van der Waals surface area contributed by atoms with Gasteiger partial charge in [-0.25, -0.2) is 24.6 Å². The van der Waals surface area contributed by atoms with E-state index in [1.807, 2.05) is 0 Å². The smallest absolute Gasteiger partial charge is 0.451 e. The largest absolute Gasteiger partial charge is 0.488 e. The standard InChI is InChI=1S/C18H18BBrN6O6P/c1-22-9-5-3-2-4-8(9)17(27)31-13-12-10(6-29-33(19,28)32-12)30-16(13)26-15-11(25-18(26)20)14(21)23-7-24-15/h2-5,7,10,12-13,16,22,28H,6H2,1H3,(H2,21,23,24)/q+1/t10-,12+,13+,16-,33?/m1/s1. The number of para-hydroxylation sites is 1. The molecular weight excluding hydrogens is 518 g/mol. The number of carbonyl (C=O) groups is 1. The molecule has 1 unspecified atom stereocenters. The van der Waals surface area contributed by atoms with E-state index < -0.39 is 38.3 Å². The van der Waals surface area contributed by atoms with Crippen molar-refractivity contribution in [1.82, 2.24) is 19.5 Å². The normalized spacial score (nSPS) is 29.1. The third-order valence-corrected chi connectivity index (χ3v) is 6.98. The lowest BCUT2D eigenvalue weighted by Gasteiger charge is -2.29. The van der Waals surface area contributed by atoms with Crippen LogP contribution in [0.1, 0.15) is 16.6 Å². The molecule has 0 bridgehead atoms. The van der Waals surface area contributed by atoms with E-state index in [2.05, 4.69) is 36.2 Å². The van der Waals surface area contributed by atoms with Gasteiger partial charge in [-0.05, 0) is 28.1 Å². The lowest BCUT2D eigenvalue weighted by molar-refractivity contribution is -0.0619. The maximum absolute atomic E-state index is 13.2. The van der Waals surface area contributed by atoms with Crippen molar-refractivity contribution in [3.05, 3.63) is 40.9 Å². The third kappa shape index (κ3) is 3.96. The van der Waals surface area contributed by atoms with Crippen molar-refractivity contribution in [2.75, 3.05) is 24.7 Å². The lowest BCUT2D eigenvalue weighted by atomic mass is 10.1. The maximum atomic E-state index is 13.2. The minimum absolute atomic E-state index is 0.0511. The molecule has 4 heterocycles. The zero-order valence-corrected chi connectivity index (χ0v) is 19.6. The molecule has 0 saturated carbocycles. The molecule has 5 rings (SSSR count). The number of ether oxygens (including phenoxy) is 2. The molecule has 33 heavy (non-hydrogen) atoms. The van der Waals surface area contributed by atoms with Crippen molar-refractivity contribution in [1.29, 1.82) is 0 Å². The second kappa shape index (κ2) is 8.46. The summed E-state index contributed by atoms with van der Waals surface area (Å²) in [5.41, 5.74) is 7.53. The highest BCUT2D eigenvalue weighted by molar-refractivity contribution is 9.10. The predicted octanol–water partition coefficient (Wildman–Crippen LogP) is 1.59. The highest BCUT2D eigenvalue weighted by Crippen LogP contribution is 2.59. The van der Waals surface area contributed by atoms with Gasteiger partial charge in [-0.2, -0.15) is 9.05 Å². The van der Waals surface area contributed by atoms with Crippen LogP contribution in [0.15, 0.2) is 35.3 Å². The number of nitrogen functional groups attached to an aromatic ring is 1. The molecule has 2 radical (unpaired) electrons. The molecule has 4 N–H and O–H groups in total. The van der Waals surface area contributed by atoms with Gasteiger partial charge in [-0.3, -0.25) is 4.57 Å². The van der Waals surface area contributed by atoms with Crippen molar-refractivity contribution in [3.8, 4) is 0 Å². The summed E-state index contributed by atoms with van der Waals surface area (Å²) in [5, 5.41) is 2.96. The molecule has 2 saturated heterocycles. The summed E-state index contributed by atoms with van der Waals surface area (Å²) in [5.74, 6) is -0.448. The number of aromatic nitrogens is 4. The van der Waals surface area contributed by atoms with Crippen LogP contribution in [-0.4, -0.2) is 69.9 Å². The number of benzene rings is 1. The number of fused-ring (bicyclic) bond motifs is 2. The Morgan fingerprint density at radius 2 is 2.21 bits per heavy atom. The minimum Gasteiger partial charge on any atom is -0.451 e. The fourth-order valence-electron chi connectivity index (χ4n) is 3.88. The van der Waals surface area contributed by atoms with Gasteiger partial charge in [0.25, 0.3) is 0 Å². The van der Waals surface area contributed by atoms with Gasteiger partial charge in [0.15, 0.2) is 40.2 Å². The average molecular weight is 536 g/mol. The zero-order chi connectivity index (χ0) is 23.3. The van der Waals surface area contributed by atoms with E-state index in [0.717, 1.165) is 0 Å². The fourth-order valence-corrected chi connectivity index (χ4v) is 5.45. The molecule has 2 aliphatic heterocycles. The highest BCUT2D eigenvalue weighted by atomic mass is 79.9. The maximum Gasteiger partial charge on any atom is 0.488 e. The van der Waals surface area contributed by atoms with Gasteiger partial charge in [-0.15, -0.1) is 0 Å². The van der Waals surface area contributed by atoms with E-state index in [1.165, 1.54) is 6.33 Å². The first-order chi connectivity index (χ1) is 15.8. The van der Waals surface area contributed by atoms with Crippen LogP contribution in [0.5, 0.6) is 0 Å². The van der Waals surface area contributed by atoms with Gasteiger partial charge in [-0.1, -0.05) is 12.1 Å². The van der Waals surface area contributed by atoms with Crippen LogP contribution in [0.2, 0.25) is 0 Å². The SMILES string of the molecule is [B][P+]1(O)OC[C@H]2O[C@@H](n3c(Br)nc4c(N)ncnc43)[C@@H](OC(=O)c3ccccc3NC)[C@H]2O1. The van der Waals surface area contributed by atoms with Crippen molar-refractivity contribution < 1.29 is 28.2 Å². The number of anilines is 2. The predicted molar refractivity (Wildman–Crippen MR) is 122 cm³/mol. The van der Waals surface area contributed by atoms with Gasteiger partial charge in [0.2, 0.25) is 0 Å².